The van der Waals surface area contributed by atoms with E-state index in [2.05, 4.69) is 15.0 Å². The zero-order valence-electron chi connectivity index (χ0n) is 14.7. The fourth-order valence-electron chi connectivity index (χ4n) is 2.95. The van der Waals surface area contributed by atoms with Crippen LogP contribution in [0.15, 0.2) is 47.3 Å². The van der Waals surface area contributed by atoms with E-state index < -0.39 is 11.6 Å². The highest BCUT2D eigenvalue weighted by atomic mass is 16.3. The highest BCUT2D eigenvalue weighted by molar-refractivity contribution is 6.02. The summed E-state index contributed by atoms with van der Waals surface area (Å²) in [5.41, 5.74) is 6.83. The van der Waals surface area contributed by atoms with Crippen molar-refractivity contribution in [2.45, 2.75) is 6.92 Å². The smallest absolute Gasteiger partial charge is 0.332 e. The van der Waals surface area contributed by atoms with Gasteiger partial charge in [0.15, 0.2) is 17.2 Å². The Morgan fingerprint density at radius 1 is 1.07 bits per heavy atom. The van der Waals surface area contributed by atoms with Gasteiger partial charge in [0.1, 0.15) is 17.0 Å². The Balaban J connectivity index is 2.06. The number of aryl methyl sites for hydroxylation is 1. The first kappa shape index (κ1) is 17.3. The molecule has 2 heterocycles. The Hall–Kier alpha value is -4.14. The molecule has 0 fully saturated rings. The highest BCUT2D eigenvalue weighted by Gasteiger charge is 2.20. The SMILES string of the molecule is Cc1ccc(-n2c(=O)[nH]c3c(C(N)=O)nc(-c4cc(O)cc(O)c4)nc32)cc1. The van der Waals surface area contributed by atoms with Crippen LogP contribution in [0.2, 0.25) is 0 Å². The Bertz CT molecular complexity index is 1270. The molecule has 9 nitrogen and oxygen atoms in total. The second kappa shape index (κ2) is 6.23. The minimum Gasteiger partial charge on any atom is -0.508 e. The second-order valence-corrected chi connectivity index (χ2v) is 6.30. The van der Waals surface area contributed by atoms with Gasteiger partial charge in [-0.15, -0.1) is 0 Å². The summed E-state index contributed by atoms with van der Waals surface area (Å²) < 4.78 is 1.30. The molecule has 1 amide bonds. The van der Waals surface area contributed by atoms with Crippen LogP contribution in [-0.2, 0) is 0 Å². The summed E-state index contributed by atoms with van der Waals surface area (Å²) in [6.07, 6.45) is 0. The molecule has 0 aliphatic heterocycles. The van der Waals surface area contributed by atoms with Crippen molar-refractivity contribution in [2.75, 3.05) is 0 Å². The first-order chi connectivity index (χ1) is 13.3. The lowest BCUT2D eigenvalue weighted by Crippen LogP contribution is -2.15. The number of nitrogens with one attached hydrogen (secondary N) is 1. The monoisotopic (exact) mass is 377 g/mol. The highest BCUT2D eigenvalue weighted by Crippen LogP contribution is 2.28. The molecule has 0 saturated carbocycles. The average Bonchev–Trinajstić information content (AvgIpc) is 2.96. The van der Waals surface area contributed by atoms with E-state index in [-0.39, 0.29) is 39.7 Å². The fourth-order valence-corrected chi connectivity index (χ4v) is 2.95. The minimum atomic E-state index is -0.852. The van der Waals surface area contributed by atoms with Crippen LogP contribution in [0.1, 0.15) is 16.1 Å². The van der Waals surface area contributed by atoms with Crippen LogP contribution in [0.3, 0.4) is 0 Å². The second-order valence-electron chi connectivity index (χ2n) is 6.30. The Morgan fingerprint density at radius 3 is 2.32 bits per heavy atom. The maximum atomic E-state index is 12.6. The van der Waals surface area contributed by atoms with Crippen molar-refractivity contribution in [3.05, 3.63) is 64.2 Å². The Kier molecular flexibility index (Phi) is 3.85. The largest absolute Gasteiger partial charge is 0.508 e. The average molecular weight is 377 g/mol. The molecule has 0 radical (unpaired) electrons. The lowest BCUT2D eigenvalue weighted by Gasteiger charge is -2.07. The first-order valence-electron chi connectivity index (χ1n) is 8.26. The van der Waals surface area contributed by atoms with Gasteiger partial charge in [0, 0.05) is 11.6 Å². The van der Waals surface area contributed by atoms with E-state index in [9.17, 15) is 19.8 Å². The molecule has 4 aromatic rings. The maximum Gasteiger partial charge on any atom is 0.332 e. The number of aromatic amines is 1. The van der Waals surface area contributed by atoms with E-state index in [1.165, 1.54) is 16.7 Å². The van der Waals surface area contributed by atoms with Crippen molar-refractivity contribution in [3.63, 3.8) is 0 Å². The van der Waals surface area contributed by atoms with Gasteiger partial charge >= 0.3 is 5.69 Å². The van der Waals surface area contributed by atoms with Gasteiger partial charge < -0.3 is 20.9 Å². The van der Waals surface area contributed by atoms with E-state index in [0.29, 0.717) is 5.69 Å². The van der Waals surface area contributed by atoms with Gasteiger partial charge in [0.05, 0.1) is 5.69 Å². The standard InChI is InChI=1S/C19H15N5O4/c1-9-2-4-11(5-3-9)24-18-15(22-19(24)28)14(16(20)27)21-17(23-18)10-6-12(25)8-13(26)7-10/h2-8,25-26H,1H3,(H2,20,27)(H,22,28). The number of aromatic nitrogens is 4. The number of hydrogen-bond acceptors (Lipinski definition) is 6. The third-order valence-corrected chi connectivity index (χ3v) is 4.22. The number of benzene rings is 2. The quantitative estimate of drug-likeness (QED) is 0.426. The van der Waals surface area contributed by atoms with Crippen LogP contribution in [0.25, 0.3) is 28.2 Å². The summed E-state index contributed by atoms with van der Waals surface area (Å²) in [7, 11) is 0. The van der Waals surface area contributed by atoms with Gasteiger partial charge in [0.25, 0.3) is 5.91 Å². The number of fused-ring (bicyclic) bond motifs is 1. The number of nitrogens with zero attached hydrogens (tertiary/aromatic N) is 3. The van der Waals surface area contributed by atoms with E-state index in [1.54, 1.807) is 12.1 Å². The van der Waals surface area contributed by atoms with Crippen molar-refractivity contribution >= 4 is 17.1 Å². The molecule has 0 spiro atoms. The molecule has 2 aromatic carbocycles. The number of hydrogen-bond donors (Lipinski definition) is 4. The number of aromatic hydroxyl groups is 2. The number of nitrogens with two attached hydrogens (primary N) is 1. The van der Waals surface area contributed by atoms with Crippen molar-refractivity contribution < 1.29 is 15.0 Å². The summed E-state index contributed by atoms with van der Waals surface area (Å²) in [6.45, 7) is 1.92. The van der Waals surface area contributed by atoms with E-state index in [0.717, 1.165) is 11.6 Å². The van der Waals surface area contributed by atoms with Crippen molar-refractivity contribution in [1.29, 1.82) is 0 Å². The fraction of sp³-hybridized carbons (Fsp3) is 0.0526. The molecule has 5 N–H and O–H groups in total. The minimum absolute atomic E-state index is 0.0207. The molecule has 140 valence electrons. The molecule has 4 rings (SSSR count). The van der Waals surface area contributed by atoms with E-state index >= 15 is 0 Å². The van der Waals surface area contributed by atoms with Crippen LogP contribution >= 0.6 is 0 Å². The van der Waals surface area contributed by atoms with Gasteiger partial charge in [-0.3, -0.25) is 4.79 Å². The molecule has 0 aliphatic carbocycles. The van der Waals surface area contributed by atoms with Crippen molar-refractivity contribution in [2.24, 2.45) is 5.73 Å². The first-order valence-corrected chi connectivity index (χ1v) is 8.26. The third-order valence-electron chi connectivity index (χ3n) is 4.22. The van der Waals surface area contributed by atoms with Crippen molar-refractivity contribution in [3.8, 4) is 28.6 Å². The molecule has 9 heteroatoms. The molecule has 0 saturated heterocycles. The number of imidazole rings is 1. The number of rotatable bonds is 3. The lowest BCUT2D eigenvalue weighted by atomic mass is 10.1. The number of primary amides is 1. The lowest BCUT2D eigenvalue weighted by molar-refractivity contribution is 0.0997. The Morgan fingerprint density at radius 2 is 1.71 bits per heavy atom. The van der Waals surface area contributed by atoms with Crippen molar-refractivity contribution in [1.82, 2.24) is 19.5 Å². The number of phenolic OH excluding ortho intramolecular Hbond substituents is 2. The molecule has 0 unspecified atom stereocenters. The predicted octanol–water partition coefficient (Wildman–Crippen LogP) is 1.59. The topological polar surface area (TPSA) is 147 Å². The summed E-state index contributed by atoms with van der Waals surface area (Å²) in [5.74, 6) is -1.24. The summed E-state index contributed by atoms with van der Waals surface area (Å²) >= 11 is 0. The number of carbonyl (C=O) groups is 1. The molecule has 2 aromatic heterocycles. The zero-order chi connectivity index (χ0) is 20.0. The van der Waals surface area contributed by atoms with Crippen LogP contribution in [0.4, 0.5) is 0 Å². The number of phenols is 2. The summed E-state index contributed by atoms with van der Waals surface area (Å²) in [5, 5.41) is 19.5. The van der Waals surface area contributed by atoms with E-state index in [4.69, 9.17) is 5.73 Å². The number of amides is 1. The van der Waals surface area contributed by atoms with Crippen LogP contribution in [0, 0.1) is 6.92 Å². The van der Waals surface area contributed by atoms with Crippen LogP contribution in [-0.4, -0.2) is 35.6 Å². The van der Waals surface area contributed by atoms with Gasteiger partial charge in [-0.1, -0.05) is 17.7 Å². The summed E-state index contributed by atoms with van der Waals surface area (Å²) in [6, 6.07) is 11.0. The normalized spacial score (nSPS) is 11.0. The van der Waals surface area contributed by atoms with E-state index in [1.807, 2.05) is 19.1 Å². The van der Waals surface area contributed by atoms with Gasteiger partial charge in [-0.2, -0.15) is 0 Å². The van der Waals surface area contributed by atoms with Gasteiger partial charge in [0.2, 0.25) is 0 Å². The van der Waals surface area contributed by atoms with Crippen LogP contribution < -0.4 is 11.4 Å². The Labute approximate surface area is 157 Å². The molecule has 0 atom stereocenters. The van der Waals surface area contributed by atoms with Gasteiger partial charge in [-0.05, 0) is 31.2 Å². The molecule has 0 aliphatic rings. The molecular formula is C19H15N5O4. The van der Waals surface area contributed by atoms with Crippen LogP contribution in [0.5, 0.6) is 11.5 Å². The third kappa shape index (κ3) is 2.84. The molecule has 0 bridgehead atoms. The predicted molar refractivity (Wildman–Crippen MR) is 102 cm³/mol. The number of carbonyl (C=O) groups excluding carboxylic acids is 1. The summed E-state index contributed by atoms with van der Waals surface area (Å²) in [4.78, 5) is 35.6. The number of H-pyrrole nitrogens is 1. The molecule has 28 heavy (non-hydrogen) atoms. The molecular weight excluding hydrogens is 362 g/mol. The zero-order valence-corrected chi connectivity index (χ0v) is 14.7. The van der Waals surface area contributed by atoms with Gasteiger partial charge in [-0.25, -0.2) is 19.3 Å². The maximum absolute atomic E-state index is 12.6.